The van der Waals surface area contributed by atoms with E-state index in [1.165, 1.54) is 49.5 Å². The first-order chi connectivity index (χ1) is 13.5. The van der Waals surface area contributed by atoms with Crippen molar-refractivity contribution in [3.63, 3.8) is 0 Å². The molecule has 1 saturated heterocycles. The van der Waals surface area contributed by atoms with Gasteiger partial charge in [0.2, 0.25) is 0 Å². The standard InChI is InChI=1S/C22H32F4OSi/c1-2-9-28-10-7-17(8-11-28)15-3-5-16(6-4-15)18-12-19(23)22(20(24)13-18)27-14-21(25)26/h12-13,15-17,21,28H,2-11,14H2,1H3/t15?,16?,17-,28-. The van der Waals surface area contributed by atoms with Crippen LogP contribution < -0.4 is 4.74 Å². The van der Waals surface area contributed by atoms with Crippen LogP contribution in [0, 0.1) is 23.5 Å². The number of hydrogen-bond donors (Lipinski definition) is 0. The lowest BCUT2D eigenvalue weighted by molar-refractivity contribution is 0.0777. The van der Waals surface area contributed by atoms with Gasteiger partial charge in [0.05, 0.1) is 0 Å². The van der Waals surface area contributed by atoms with Gasteiger partial charge in [0, 0.05) is 8.80 Å². The van der Waals surface area contributed by atoms with Crippen molar-refractivity contribution in [3.8, 4) is 5.75 Å². The average molecular weight is 417 g/mol. The molecule has 1 aliphatic heterocycles. The Kier molecular flexibility index (Phi) is 7.83. The van der Waals surface area contributed by atoms with Crippen molar-refractivity contribution in [1.29, 1.82) is 0 Å². The van der Waals surface area contributed by atoms with E-state index < -0.39 is 39.2 Å². The molecule has 0 N–H and O–H groups in total. The van der Waals surface area contributed by atoms with Crippen LogP contribution in [0.15, 0.2) is 12.1 Å². The maximum Gasteiger partial charge on any atom is 0.272 e. The van der Waals surface area contributed by atoms with E-state index in [0.717, 1.165) is 37.5 Å². The maximum atomic E-state index is 14.2. The Bertz CT molecular complexity index is 600. The van der Waals surface area contributed by atoms with Gasteiger partial charge in [-0.2, -0.15) is 0 Å². The summed E-state index contributed by atoms with van der Waals surface area (Å²) in [5, 5.41) is 0. The van der Waals surface area contributed by atoms with Crippen molar-refractivity contribution in [1.82, 2.24) is 0 Å². The molecule has 6 heteroatoms. The largest absolute Gasteiger partial charge is 0.482 e. The molecule has 28 heavy (non-hydrogen) atoms. The predicted octanol–water partition coefficient (Wildman–Crippen LogP) is 6.93. The van der Waals surface area contributed by atoms with E-state index >= 15 is 0 Å². The number of rotatable bonds is 7. The summed E-state index contributed by atoms with van der Waals surface area (Å²) < 4.78 is 57.4. The Morgan fingerprint density at radius 3 is 2.07 bits per heavy atom. The summed E-state index contributed by atoms with van der Waals surface area (Å²) in [5.74, 6) is -0.689. The molecular formula is C22H32F4OSi. The number of ether oxygens (including phenoxy) is 1. The molecular weight excluding hydrogens is 384 g/mol. The molecule has 158 valence electrons. The van der Waals surface area contributed by atoms with Gasteiger partial charge in [0.15, 0.2) is 17.4 Å². The molecule has 2 aliphatic rings. The maximum absolute atomic E-state index is 14.2. The highest BCUT2D eigenvalue weighted by atomic mass is 28.3. The van der Waals surface area contributed by atoms with Gasteiger partial charge in [0.25, 0.3) is 6.43 Å². The zero-order valence-electron chi connectivity index (χ0n) is 16.7. The lowest BCUT2D eigenvalue weighted by Crippen LogP contribution is -2.28. The van der Waals surface area contributed by atoms with Gasteiger partial charge in [-0.25, -0.2) is 17.6 Å². The highest BCUT2D eigenvalue weighted by Gasteiger charge is 2.32. The van der Waals surface area contributed by atoms with Crippen molar-refractivity contribution in [3.05, 3.63) is 29.3 Å². The van der Waals surface area contributed by atoms with Crippen LogP contribution in [0.1, 0.15) is 63.4 Å². The Morgan fingerprint density at radius 2 is 1.54 bits per heavy atom. The third-order valence-corrected chi connectivity index (χ3v) is 10.6. The van der Waals surface area contributed by atoms with Gasteiger partial charge in [-0.15, -0.1) is 0 Å². The van der Waals surface area contributed by atoms with E-state index in [1.54, 1.807) is 0 Å². The molecule has 3 rings (SSSR count). The second kappa shape index (κ2) is 10.1. The van der Waals surface area contributed by atoms with Crippen LogP contribution in [-0.2, 0) is 0 Å². The quantitative estimate of drug-likeness (QED) is 0.346. The molecule has 0 amide bonds. The molecule has 0 spiro atoms. The highest BCUT2D eigenvalue weighted by Crippen LogP contribution is 2.44. The Balaban J connectivity index is 1.53. The number of alkyl halides is 2. The number of benzene rings is 1. The zero-order valence-corrected chi connectivity index (χ0v) is 17.9. The molecule has 0 atom stereocenters. The third-order valence-electron chi connectivity index (χ3n) is 6.87. The van der Waals surface area contributed by atoms with Gasteiger partial charge in [-0.3, -0.25) is 0 Å². The lowest BCUT2D eigenvalue weighted by Gasteiger charge is -2.37. The molecule has 0 radical (unpaired) electrons. The first kappa shape index (κ1) is 21.7. The SMILES string of the molecule is CCC[Si@H]1CC[C@H](C2CCC(c3cc(F)c(OCC(F)F)c(F)c3)CC2)CC1. The predicted molar refractivity (Wildman–Crippen MR) is 107 cm³/mol. The van der Waals surface area contributed by atoms with Gasteiger partial charge < -0.3 is 4.74 Å². The van der Waals surface area contributed by atoms with E-state index in [-0.39, 0.29) is 5.92 Å². The van der Waals surface area contributed by atoms with Gasteiger partial charge >= 0.3 is 0 Å². The fourth-order valence-electron chi connectivity index (χ4n) is 5.38. The molecule has 2 fully saturated rings. The van der Waals surface area contributed by atoms with E-state index in [4.69, 9.17) is 0 Å². The summed E-state index contributed by atoms with van der Waals surface area (Å²) in [6, 6.07) is 7.03. The van der Waals surface area contributed by atoms with Crippen molar-refractivity contribution in [2.24, 2.45) is 11.8 Å². The fourth-order valence-corrected chi connectivity index (χ4v) is 8.86. The minimum Gasteiger partial charge on any atom is -0.482 e. The van der Waals surface area contributed by atoms with E-state index in [2.05, 4.69) is 11.7 Å². The molecule has 1 aliphatic carbocycles. The van der Waals surface area contributed by atoms with E-state index in [9.17, 15) is 17.6 Å². The van der Waals surface area contributed by atoms with Crippen LogP contribution >= 0.6 is 0 Å². The topological polar surface area (TPSA) is 9.23 Å². The number of halogens is 4. The van der Waals surface area contributed by atoms with Gasteiger partial charge in [-0.1, -0.05) is 44.3 Å². The van der Waals surface area contributed by atoms with Gasteiger partial charge in [-0.05, 0) is 61.1 Å². The molecule has 1 heterocycles. The first-order valence-corrected chi connectivity index (χ1v) is 13.3. The Labute approximate surface area is 167 Å². The van der Waals surface area contributed by atoms with Gasteiger partial charge in [0.1, 0.15) is 6.61 Å². The minimum absolute atomic E-state index is 0.148. The van der Waals surface area contributed by atoms with Crippen molar-refractivity contribution < 1.29 is 22.3 Å². The zero-order chi connectivity index (χ0) is 20.1. The first-order valence-electron chi connectivity index (χ1n) is 10.9. The molecule has 1 aromatic carbocycles. The molecule has 1 nitrogen and oxygen atoms in total. The molecule has 0 unspecified atom stereocenters. The van der Waals surface area contributed by atoms with Crippen LogP contribution in [0.5, 0.6) is 5.75 Å². The molecule has 1 saturated carbocycles. The van der Waals surface area contributed by atoms with Crippen molar-refractivity contribution >= 4 is 8.80 Å². The van der Waals surface area contributed by atoms with E-state index in [1.807, 2.05) is 0 Å². The van der Waals surface area contributed by atoms with Crippen LogP contribution in [-0.4, -0.2) is 21.8 Å². The highest BCUT2D eigenvalue weighted by molar-refractivity contribution is 6.58. The van der Waals surface area contributed by atoms with Crippen molar-refractivity contribution in [2.45, 2.75) is 82.3 Å². The second-order valence-corrected chi connectivity index (χ2v) is 12.2. The van der Waals surface area contributed by atoms with E-state index in [0.29, 0.717) is 5.56 Å². The number of hydrogen-bond acceptors (Lipinski definition) is 1. The Morgan fingerprint density at radius 1 is 0.964 bits per heavy atom. The van der Waals surface area contributed by atoms with Crippen molar-refractivity contribution in [2.75, 3.05) is 6.61 Å². The molecule has 1 aromatic rings. The van der Waals surface area contributed by atoms with Crippen LogP contribution in [0.4, 0.5) is 17.6 Å². The smallest absolute Gasteiger partial charge is 0.272 e. The Hall–Kier alpha value is -1.04. The fraction of sp³-hybridized carbons (Fsp3) is 0.727. The summed E-state index contributed by atoms with van der Waals surface area (Å²) in [4.78, 5) is 0. The van der Waals surface area contributed by atoms with Crippen LogP contribution in [0.25, 0.3) is 0 Å². The summed E-state index contributed by atoms with van der Waals surface area (Å²) >= 11 is 0. The summed E-state index contributed by atoms with van der Waals surface area (Å²) in [5.41, 5.74) is 0.636. The molecule has 0 aromatic heterocycles. The lowest BCUT2D eigenvalue weighted by atomic mass is 9.72. The summed E-state index contributed by atoms with van der Waals surface area (Å²) in [6.07, 6.45) is 5.53. The van der Waals surface area contributed by atoms with Crippen LogP contribution in [0.3, 0.4) is 0 Å². The minimum atomic E-state index is -2.76. The van der Waals surface area contributed by atoms with Crippen LogP contribution in [0.2, 0.25) is 18.1 Å². The monoisotopic (exact) mass is 416 g/mol. The summed E-state index contributed by atoms with van der Waals surface area (Å²) in [7, 11) is -0.452. The molecule has 0 bridgehead atoms. The third kappa shape index (κ3) is 5.52. The summed E-state index contributed by atoms with van der Waals surface area (Å²) in [6.45, 7) is 1.30. The average Bonchev–Trinajstić information content (AvgIpc) is 2.68. The second-order valence-electron chi connectivity index (χ2n) is 8.70. The normalized spacial score (nSPS) is 28.5.